The summed E-state index contributed by atoms with van der Waals surface area (Å²) < 4.78 is 5.52. The van der Waals surface area contributed by atoms with E-state index in [9.17, 15) is 0 Å². The van der Waals surface area contributed by atoms with Gasteiger partial charge >= 0.3 is 0 Å². The molecule has 0 bridgehead atoms. The molecule has 96 valence electrons. The predicted octanol–water partition coefficient (Wildman–Crippen LogP) is 3.14. The van der Waals surface area contributed by atoms with Crippen molar-refractivity contribution >= 4 is 11.6 Å². The van der Waals surface area contributed by atoms with Gasteiger partial charge in [-0.2, -0.15) is 0 Å². The molecule has 0 aromatic carbocycles. The summed E-state index contributed by atoms with van der Waals surface area (Å²) in [5.74, 6) is 1.53. The second-order valence-electron chi connectivity index (χ2n) is 4.94. The first kappa shape index (κ1) is 14.3. The SMILES string of the molecule is COC1CN(CCCCCCCl)CCC1C. The van der Waals surface area contributed by atoms with Gasteiger partial charge in [0.25, 0.3) is 0 Å². The summed E-state index contributed by atoms with van der Waals surface area (Å²) in [5, 5.41) is 0. The Hall–Kier alpha value is 0.210. The highest BCUT2D eigenvalue weighted by Gasteiger charge is 2.25. The number of ether oxygens (including phenoxy) is 1. The second-order valence-corrected chi connectivity index (χ2v) is 5.32. The molecule has 2 nitrogen and oxygen atoms in total. The van der Waals surface area contributed by atoms with Crippen LogP contribution in [0, 0.1) is 5.92 Å². The van der Waals surface area contributed by atoms with E-state index in [0.717, 1.165) is 18.3 Å². The zero-order valence-corrected chi connectivity index (χ0v) is 11.5. The standard InChI is InChI=1S/C13H26ClNO/c1-12-7-10-15(11-13(12)16-2)9-6-4-3-5-8-14/h12-13H,3-11H2,1-2H3. The highest BCUT2D eigenvalue weighted by molar-refractivity contribution is 6.17. The first-order valence-electron chi connectivity index (χ1n) is 6.59. The Morgan fingerprint density at radius 1 is 1.25 bits per heavy atom. The van der Waals surface area contributed by atoms with E-state index in [1.54, 1.807) is 0 Å². The Labute approximate surface area is 105 Å². The van der Waals surface area contributed by atoms with E-state index in [2.05, 4.69) is 11.8 Å². The molecule has 2 unspecified atom stereocenters. The van der Waals surface area contributed by atoms with E-state index in [1.807, 2.05) is 7.11 Å². The molecule has 0 amide bonds. The Morgan fingerprint density at radius 3 is 2.69 bits per heavy atom. The topological polar surface area (TPSA) is 12.5 Å². The molecule has 0 radical (unpaired) electrons. The van der Waals surface area contributed by atoms with Crippen LogP contribution in [0.2, 0.25) is 0 Å². The van der Waals surface area contributed by atoms with Crippen molar-refractivity contribution in [3.63, 3.8) is 0 Å². The Morgan fingerprint density at radius 2 is 2.00 bits per heavy atom. The molecule has 1 saturated heterocycles. The summed E-state index contributed by atoms with van der Waals surface area (Å²) in [6.07, 6.45) is 6.79. The van der Waals surface area contributed by atoms with Crippen LogP contribution in [0.3, 0.4) is 0 Å². The largest absolute Gasteiger partial charge is 0.380 e. The van der Waals surface area contributed by atoms with E-state index in [0.29, 0.717) is 6.10 Å². The lowest BCUT2D eigenvalue weighted by molar-refractivity contribution is -0.00525. The molecule has 0 saturated carbocycles. The number of hydrogen-bond acceptors (Lipinski definition) is 2. The number of likely N-dealkylation sites (tertiary alicyclic amines) is 1. The van der Waals surface area contributed by atoms with Gasteiger partial charge in [-0.1, -0.05) is 19.8 Å². The van der Waals surface area contributed by atoms with Gasteiger partial charge in [-0.3, -0.25) is 0 Å². The second kappa shape index (κ2) is 8.32. The van der Waals surface area contributed by atoms with Gasteiger partial charge in [-0.15, -0.1) is 11.6 Å². The lowest BCUT2D eigenvalue weighted by atomic mass is 9.95. The van der Waals surface area contributed by atoms with Crippen molar-refractivity contribution in [2.24, 2.45) is 5.92 Å². The minimum atomic E-state index is 0.441. The summed E-state index contributed by atoms with van der Waals surface area (Å²) in [4.78, 5) is 2.55. The molecule has 0 aliphatic carbocycles. The third-order valence-corrected chi connectivity index (χ3v) is 3.90. The van der Waals surface area contributed by atoms with Crippen molar-refractivity contribution in [2.45, 2.75) is 45.1 Å². The van der Waals surface area contributed by atoms with Gasteiger partial charge in [0.15, 0.2) is 0 Å². The Kier molecular flexibility index (Phi) is 7.42. The van der Waals surface area contributed by atoms with E-state index in [1.165, 1.54) is 45.2 Å². The Balaban J connectivity index is 2.08. The fraction of sp³-hybridized carbons (Fsp3) is 1.00. The quantitative estimate of drug-likeness (QED) is 0.506. The molecule has 16 heavy (non-hydrogen) atoms. The normalized spacial score (nSPS) is 27.2. The van der Waals surface area contributed by atoms with Gasteiger partial charge in [-0.05, 0) is 38.3 Å². The van der Waals surface area contributed by atoms with Gasteiger partial charge in [0.1, 0.15) is 0 Å². The van der Waals surface area contributed by atoms with Crippen molar-refractivity contribution in [3.8, 4) is 0 Å². The molecular weight excluding hydrogens is 222 g/mol. The minimum Gasteiger partial charge on any atom is -0.380 e. The Bertz CT molecular complexity index is 177. The lowest BCUT2D eigenvalue weighted by Gasteiger charge is -2.36. The van der Waals surface area contributed by atoms with Crippen LogP contribution in [0.1, 0.15) is 39.0 Å². The first-order valence-corrected chi connectivity index (χ1v) is 7.12. The maximum absolute atomic E-state index is 5.66. The van der Waals surface area contributed by atoms with Crippen LogP contribution >= 0.6 is 11.6 Å². The van der Waals surface area contributed by atoms with E-state index < -0.39 is 0 Å². The summed E-state index contributed by atoms with van der Waals surface area (Å²) in [6.45, 7) is 5.89. The number of halogens is 1. The maximum atomic E-state index is 5.66. The summed E-state index contributed by atoms with van der Waals surface area (Å²) in [7, 11) is 1.84. The molecule has 0 aromatic heterocycles. The monoisotopic (exact) mass is 247 g/mol. The number of piperidine rings is 1. The number of hydrogen-bond donors (Lipinski definition) is 0. The van der Waals surface area contributed by atoms with Crippen molar-refractivity contribution in [1.82, 2.24) is 4.90 Å². The van der Waals surface area contributed by atoms with Crippen LogP contribution in [-0.2, 0) is 4.74 Å². The summed E-state index contributed by atoms with van der Waals surface area (Å²) in [6, 6.07) is 0. The summed E-state index contributed by atoms with van der Waals surface area (Å²) >= 11 is 5.66. The fourth-order valence-electron chi connectivity index (χ4n) is 2.39. The van der Waals surface area contributed by atoms with Crippen LogP contribution in [0.25, 0.3) is 0 Å². The number of rotatable bonds is 7. The zero-order chi connectivity index (χ0) is 11.8. The first-order chi connectivity index (χ1) is 7.77. The predicted molar refractivity (Wildman–Crippen MR) is 70.2 cm³/mol. The molecule has 2 atom stereocenters. The molecule has 0 spiro atoms. The smallest absolute Gasteiger partial charge is 0.0724 e. The van der Waals surface area contributed by atoms with Crippen LogP contribution < -0.4 is 0 Å². The van der Waals surface area contributed by atoms with Gasteiger partial charge < -0.3 is 9.64 Å². The molecule has 1 aliphatic heterocycles. The molecule has 1 fully saturated rings. The molecule has 1 aliphatic rings. The van der Waals surface area contributed by atoms with E-state index in [4.69, 9.17) is 16.3 Å². The minimum absolute atomic E-state index is 0.441. The average molecular weight is 248 g/mol. The molecule has 1 rings (SSSR count). The van der Waals surface area contributed by atoms with Gasteiger partial charge in [0.05, 0.1) is 6.10 Å². The van der Waals surface area contributed by atoms with E-state index in [-0.39, 0.29) is 0 Å². The highest BCUT2D eigenvalue weighted by Crippen LogP contribution is 2.19. The fourth-order valence-corrected chi connectivity index (χ4v) is 2.58. The molecular formula is C13H26ClNO. The average Bonchev–Trinajstić information content (AvgIpc) is 2.31. The van der Waals surface area contributed by atoms with Crippen molar-refractivity contribution < 1.29 is 4.74 Å². The number of nitrogens with zero attached hydrogens (tertiary/aromatic N) is 1. The lowest BCUT2D eigenvalue weighted by Crippen LogP contribution is -2.44. The van der Waals surface area contributed by atoms with Crippen LogP contribution in [0.4, 0.5) is 0 Å². The zero-order valence-electron chi connectivity index (χ0n) is 10.8. The van der Waals surface area contributed by atoms with Crippen LogP contribution in [0.15, 0.2) is 0 Å². The van der Waals surface area contributed by atoms with Crippen molar-refractivity contribution in [3.05, 3.63) is 0 Å². The maximum Gasteiger partial charge on any atom is 0.0724 e. The third-order valence-electron chi connectivity index (χ3n) is 3.63. The van der Waals surface area contributed by atoms with Crippen LogP contribution in [0.5, 0.6) is 0 Å². The molecule has 0 N–H and O–H groups in total. The molecule has 3 heteroatoms. The third kappa shape index (κ3) is 5.03. The molecule has 0 aromatic rings. The summed E-state index contributed by atoms with van der Waals surface area (Å²) in [5.41, 5.74) is 0. The van der Waals surface area contributed by atoms with Crippen molar-refractivity contribution in [2.75, 3.05) is 32.6 Å². The van der Waals surface area contributed by atoms with Crippen molar-refractivity contribution in [1.29, 1.82) is 0 Å². The van der Waals surface area contributed by atoms with Crippen LogP contribution in [-0.4, -0.2) is 43.6 Å². The number of alkyl halides is 1. The number of unbranched alkanes of at least 4 members (excludes halogenated alkanes) is 3. The van der Waals surface area contributed by atoms with Gasteiger partial charge in [0.2, 0.25) is 0 Å². The highest BCUT2D eigenvalue weighted by atomic mass is 35.5. The van der Waals surface area contributed by atoms with E-state index >= 15 is 0 Å². The number of methoxy groups -OCH3 is 1. The molecule has 1 heterocycles. The van der Waals surface area contributed by atoms with Gasteiger partial charge in [0, 0.05) is 19.5 Å². The van der Waals surface area contributed by atoms with Gasteiger partial charge in [-0.25, -0.2) is 0 Å².